The zero-order valence-corrected chi connectivity index (χ0v) is 15.6. The van der Waals surface area contributed by atoms with E-state index in [2.05, 4.69) is 4.74 Å². The number of ether oxygens (including phenoxy) is 2. The average Bonchev–Trinajstić information content (AvgIpc) is 2.63. The third-order valence-electron chi connectivity index (χ3n) is 3.71. The van der Waals surface area contributed by atoms with Crippen LogP contribution >= 0.6 is 0 Å². The van der Waals surface area contributed by atoms with Gasteiger partial charge in [0.15, 0.2) is 0 Å². The molecule has 29 heavy (non-hydrogen) atoms. The molecule has 1 amide bonds. The highest BCUT2D eigenvalue weighted by molar-refractivity contribution is 5.99. The van der Waals surface area contributed by atoms with Gasteiger partial charge < -0.3 is 19.9 Å². The van der Waals surface area contributed by atoms with E-state index in [4.69, 9.17) is 4.74 Å². The molecule has 11 heteroatoms. The van der Waals surface area contributed by atoms with Crippen LogP contribution in [0.4, 0.5) is 13.2 Å². The Kier molecular flexibility index (Phi) is 8.61. The van der Waals surface area contributed by atoms with Crippen LogP contribution in [0.15, 0.2) is 24.3 Å². The third kappa shape index (κ3) is 6.77. The number of rotatable bonds is 9. The van der Waals surface area contributed by atoms with Crippen LogP contribution in [0.5, 0.6) is 0 Å². The first-order chi connectivity index (χ1) is 13.5. The molecule has 8 nitrogen and oxygen atoms in total. The Bertz CT molecular complexity index is 764. The third-order valence-corrected chi connectivity index (χ3v) is 3.71. The molecular weight excluding hydrogens is 399 g/mol. The molecule has 0 fully saturated rings. The van der Waals surface area contributed by atoms with Crippen molar-refractivity contribution >= 4 is 23.8 Å². The standard InChI is InChI=1S/C18H20F3NO7/c1-3-28-13(23)9-11(17(27)29-4-2)14(16(25)26)22-15(24)10-7-5-6-8-12(10)18(19,20)21/h5-8,11,14H,3-4,9H2,1-2H3,(H,22,24)(H,25,26)/t11-,14+/m0/s1. The van der Waals surface area contributed by atoms with Crippen molar-refractivity contribution in [3.8, 4) is 0 Å². The summed E-state index contributed by atoms with van der Waals surface area (Å²) in [5, 5.41) is 11.3. The molecule has 0 bridgehead atoms. The van der Waals surface area contributed by atoms with E-state index in [0.29, 0.717) is 6.07 Å². The van der Waals surface area contributed by atoms with Crippen molar-refractivity contribution < 1.29 is 46.9 Å². The number of amides is 1. The molecule has 1 aromatic rings. The number of carboxylic acids is 1. The number of aliphatic carboxylic acids is 1. The molecule has 1 rings (SSSR count). The van der Waals surface area contributed by atoms with E-state index < -0.39 is 59.5 Å². The number of halogens is 3. The number of hydrogen-bond acceptors (Lipinski definition) is 6. The molecular formula is C18H20F3NO7. The van der Waals surface area contributed by atoms with Gasteiger partial charge in [0.1, 0.15) is 6.04 Å². The molecule has 1 aromatic carbocycles. The Balaban J connectivity index is 3.23. The van der Waals surface area contributed by atoms with Crippen LogP contribution in [0.25, 0.3) is 0 Å². The molecule has 2 atom stereocenters. The molecule has 0 saturated heterocycles. The van der Waals surface area contributed by atoms with Crippen LogP contribution in [0.2, 0.25) is 0 Å². The number of alkyl halides is 3. The number of carbonyl (C=O) groups excluding carboxylic acids is 3. The van der Waals surface area contributed by atoms with E-state index in [9.17, 15) is 37.5 Å². The van der Waals surface area contributed by atoms with Crippen LogP contribution < -0.4 is 5.32 Å². The summed E-state index contributed by atoms with van der Waals surface area (Å²) in [6.07, 6.45) is -5.61. The Morgan fingerprint density at radius 3 is 2.17 bits per heavy atom. The molecule has 0 heterocycles. The fourth-order valence-corrected chi connectivity index (χ4v) is 2.47. The van der Waals surface area contributed by atoms with E-state index >= 15 is 0 Å². The maximum Gasteiger partial charge on any atom is 0.417 e. The molecule has 2 N–H and O–H groups in total. The number of esters is 2. The van der Waals surface area contributed by atoms with Gasteiger partial charge >= 0.3 is 24.1 Å². The van der Waals surface area contributed by atoms with Gasteiger partial charge in [-0.1, -0.05) is 12.1 Å². The zero-order chi connectivity index (χ0) is 22.2. The summed E-state index contributed by atoms with van der Waals surface area (Å²) in [5.41, 5.74) is -2.11. The molecule has 0 spiro atoms. The summed E-state index contributed by atoms with van der Waals surface area (Å²) in [4.78, 5) is 47.9. The quantitative estimate of drug-likeness (QED) is 0.588. The van der Waals surface area contributed by atoms with Crippen LogP contribution in [0.3, 0.4) is 0 Å². The van der Waals surface area contributed by atoms with E-state index in [0.717, 1.165) is 12.1 Å². The second-order valence-corrected chi connectivity index (χ2v) is 5.70. The minimum Gasteiger partial charge on any atom is -0.480 e. The Labute approximate surface area is 164 Å². The smallest absolute Gasteiger partial charge is 0.417 e. The second kappa shape index (κ2) is 10.4. The molecule has 0 aromatic heterocycles. The van der Waals surface area contributed by atoms with Crippen molar-refractivity contribution in [1.82, 2.24) is 5.32 Å². The number of carbonyl (C=O) groups is 4. The summed E-state index contributed by atoms with van der Waals surface area (Å²) in [5.74, 6) is -6.85. The highest BCUT2D eigenvalue weighted by Crippen LogP contribution is 2.32. The Morgan fingerprint density at radius 1 is 1.07 bits per heavy atom. The topological polar surface area (TPSA) is 119 Å². The van der Waals surface area contributed by atoms with Gasteiger partial charge in [0.05, 0.1) is 36.7 Å². The van der Waals surface area contributed by atoms with Gasteiger partial charge in [-0.2, -0.15) is 13.2 Å². The van der Waals surface area contributed by atoms with Crippen LogP contribution in [0.1, 0.15) is 36.2 Å². The van der Waals surface area contributed by atoms with Gasteiger partial charge in [0, 0.05) is 0 Å². The van der Waals surface area contributed by atoms with E-state index in [1.165, 1.54) is 19.9 Å². The van der Waals surface area contributed by atoms with Gasteiger partial charge in [-0.25, -0.2) is 4.79 Å². The van der Waals surface area contributed by atoms with Crippen LogP contribution in [-0.2, 0) is 30.0 Å². The van der Waals surface area contributed by atoms with E-state index in [1.807, 2.05) is 5.32 Å². The van der Waals surface area contributed by atoms with Gasteiger partial charge in [0.25, 0.3) is 5.91 Å². The Morgan fingerprint density at radius 2 is 1.66 bits per heavy atom. The first kappa shape index (κ1) is 23.9. The van der Waals surface area contributed by atoms with Crippen LogP contribution in [0, 0.1) is 5.92 Å². The SMILES string of the molecule is CCOC(=O)C[C@H](C(=O)OCC)[C@@H](NC(=O)c1ccccc1C(F)(F)F)C(=O)O. The summed E-state index contributed by atoms with van der Waals surface area (Å²) in [6, 6.07) is 1.73. The van der Waals surface area contributed by atoms with E-state index in [1.54, 1.807) is 0 Å². The lowest BCUT2D eigenvalue weighted by Crippen LogP contribution is -2.50. The maximum absolute atomic E-state index is 13.1. The molecule has 0 unspecified atom stereocenters. The zero-order valence-electron chi connectivity index (χ0n) is 15.6. The largest absolute Gasteiger partial charge is 0.480 e. The summed E-state index contributed by atoms with van der Waals surface area (Å²) in [6.45, 7) is 2.74. The first-order valence-corrected chi connectivity index (χ1v) is 8.55. The minimum absolute atomic E-state index is 0.0442. The number of benzene rings is 1. The monoisotopic (exact) mass is 419 g/mol. The molecule has 0 aliphatic heterocycles. The molecule has 0 saturated carbocycles. The molecule has 0 aliphatic rings. The predicted octanol–water partition coefficient (Wildman–Crippen LogP) is 2.02. The lowest BCUT2D eigenvalue weighted by atomic mass is 9.95. The molecule has 160 valence electrons. The van der Waals surface area contributed by atoms with Gasteiger partial charge in [0.2, 0.25) is 0 Å². The van der Waals surface area contributed by atoms with Crippen molar-refractivity contribution in [2.45, 2.75) is 32.5 Å². The second-order valence-electron chi connectivity index (χ2n) is 5.70. The summed E-state index contributed by atoms with van der Waals surface area (Å²) >= 11 is 0. The summed E-state index contributed by atoms with van der Waals surface area (Å²) < 4.78 is 48.8. The van der Waals surface area contributed by atoms with Crippen molar-refractivity contribution in [3.63, 3.8) is 0 Å². The van der Waals surface area contributed by atoms with Gasteiger partial charge in [-0.15, -0.1) is 0 Å². The maximum atomic E-state index is 13.1. The first-order valence-electron chi connectivity index (χ1n) is 8.55. The molecule has 0 aliphatic carbocycles. The van der Waals surface area contributed by atoms with Crippen molar-refractivity contribution in [2.24, 2.45) is 5.92 Å². The lowest BCUT2D eigenvalue weighted by molar-refractivity contribution is -0.159. The fraction of sp³-hybridized carbons (Fsp3) is 0.444. The lowest BCUT2D eigenvalue weighted by Gasteiger charge is -2.23. The van der Waals surface area contributed by atoms with Crippen LogP contribution in [-0.4, -0.2) is 48.2 Å². The van der Waals surface area contributed by atoms with Crippen molar-refractivity contribution in [2.75, 3.05) is 13.2 Å². The van der Waals surface area contributed by atoms with Gasteiger partial charge in [-0.05, 0) is 26.0 Å². The average molecular weight is 419 g/mol. The highest BCUT2D eigenvalue weighted by atomic mass is 19.4. The summed E-state index contributed by atoms with van der Waals surface area (Å²) in [7, 11) is 0. The van der Waals surface area contributed by atoms with Gasteiger partial charge in [-0.3, -0.25) is 14.4 Å². The van der Waals surface area contributed by atoms with E-state index in [-0.39, 0.29) is 13.2 Å². The number of carboxylic acid groups (broad SMARTS) is 1. The minimum atomic E-state index is -4.86. The predicted molar refractivity (Wildman–Crippen MR) is 91.7 cm³/mol. The Hall–Kier alpha value is -3.11. The molecule has 0 radical (unpaired) electrons. The van der Waals surface area contributed by atoms with Crippen molar-refractivity contribution in [3.05, 3.63) is 35.4 Å². The number of hydrogen-bond donors (Lipinski definition) is 2. The fourth-order valence-electron chi connectivity index (χ4n) is 2.47. The normalized spacial score (nSPS) is 13.1. The number of nitrogens with one attached hydrogen (secondary N) is 1. The van der Waals surface area contributed by atoms with Crippen molar-refractivity contribution in [1.29, 1.82) is 0 Å². The highest BCUT2D eigenvalue weighted by Gasteiger charge is 2.40.